The van der Waals surface area contributed by atoms with Crippen LogP contribution in [0.25, 0.3) is 6.08 Å². The van der Waals surface area contributed by atoms with Crippen LogP contribution < -0.4 is 5.32 Å². The number of carboxylic acid groups (broad SMARTS) is 1. The van der Waals surface area contributed by atoms with Gasteiger partial charge in [0.05, 0.1) is 6.42 Å². The van der Waals surface area contributed by atoms with Crippen LogP contribution in [0.1, 0.15) is 11.3 Å². The van der Waals surface area contributed by atoms with E-state index in [0.29, 0.717) is 11.4 Å². The molecule has 5 heteroatoms. The summed E-state index contributed by atoms with van der Waals surface area (Å²) in [6, 6.07) is 12.3. The van der Waals surface area contributed by atoms with E-state index in [2.05, 4.69) is 10.3 Å². The van der Waals surface area contributed by atoms with Crippen molar-refractivity contribution in [1.82, 2.24) is 4.98 Å². The van der Waals surface area contributed by atoms with Gasteiger partial charge in [0.15, 0.2) is 0 Å². The van der Waals surface area contributed by atoms with Crippen LogP contribution in [0.15, 0.2) is 54.7 Å². The first kappa shape index (κ1) is 14.5. The second-order valence-corrected chi connectivity index (χ2v) is 4.34. The normalized spacial score (nSPS) is 10.5. The van der Waals surface area contributed by atoms with Gasteiger partial charge in [-0.1, -0.05) is 18.2 Å². The molecule has 21 heavy (non-hydrogen) atoms. The van der Waals surface area contributed by atoms with Crippen LogP contribution in [0.4, 0.5) is 5.69 Å². The Kier molecular flexibility index (Phi) is 4.82. The number of nitrogens with one attached hydrogen (secondary N) is 1. The number of rotatable bonds is 5. The number of carbonyl (C=O) groups is 2. The Hall–Kier alpha value is -2.95. The van der Waals surface area contributed by atoms with Crippen molar-refractivity contribution in [2.24, 2.45) is 0 Å². The Morgan fingerprint density at radius 2 is 1.90 bits per heavy atom. The van der Waals surface area contributed by atoms with Gasteiger partial charge in [0.25, 0.3) is 0 Å². The van der Waals surface area contributed by atoms with Gasteiger partial charge in [0, 0.05) is 23.7 Å². The highest BCUT2D eigenvalue weighted by atomic mass is 16.4. The highest BCUT2D eigenvalue weighted by Gasteiger charge is 2.04. The molecule has 5 nitrogen and oxygen atoms in total. The van der Waals surface area contributed by atoms with E-state index in [1.54, 1.807) is 42.6 Å². The third kappa shape index (κ3) is 4.91. The molecule has 1 heterocycles. The van der Waals surface area contributed by atoms with Crippen LogP contribution in [0, 0.1) is 0 Å². The lowest BCUT2D eigenvalue weighted by Gasteiger charge is -2.05. The molecule has 0 saturated heterocycles. The predicted molar refractivity (Wildman–Crippen MR) is 79.7 cm³/mol. The van der Waals surface area contributed by atoms with E-state index in [0.717, 1.165) is 11.6 Å². The number of hydrogen-bond donors (Lipinski definition) is 2. The molecule has 0 unspecified atom stereocenters. The van der Waals surface area contributed by atoms with Crippen molar-refractivity contribution in [3.63, 3.8) is 0 Å². The number of aromatic nitrogens is 1. The summed E-state index contributed by atoms with van der Waals surface area (Å²) in [6.45, 7) is 0. The minimum Gasteiger partial charge on any atom is -0.478 e. The van der Waals surface area contributed by atoms with Crippen molar-refractivity contribution in [3.8, 4) is 0 Å². The molecular weight excluding hydrogens is 268 g/mol. The van der Waals surface area contributed by atoms with E-state index < -0.39 is 5.97 Å². The van der Waals surface area contributed by atoms with Crippen molar-refractivity contribution in [3.05, 3.63) is 66.0 Å². The highest BCUT2D eigenvalue weighted by Crippen LogP contribution is 2.11. The molecule has 0 aliphatic carbocycles. The summed E-state index contributed by atoms with van der Waals surface area (Å²) >= 11 is 0. The molecular formula is C16H14N2O3. The number of nitrogens with zero attached hydrogens (tertiary/aromatic N) is 1. The molecule has 0 aliphatic rings. The number of carbonyl (C=O) groups excluding carboxylic acids is 1. The molecule has 0 aliphatic heterocycles. The van der Waals surface area contributed by atoms with Crippen LogP contribution in [0.5, 0.6) is 0 Å². The predicted octanol–water partition coefficient (Wildman–Crippen LogP) is 2.36. The summed E-state index contributed by atoms with van der Waals surface area (Å²) in [5, 5.41) is 11.3. The average Bonchev–Trinajstić information content (AvgIpc) is 2.47. The monoisotopic (exact) mass is 282 g/mol. The molecule has 0 radical (unpaired) electrons. The minimum atomic E-state index is -0.997. The van der Waals surface area contributed by atoms with E-state index in [9.17, 15) is 9.59 Å². The minimum absolute atomic E-state index is 0.150. The van der Waals surface area contributed by atoms with Gasteiger partial charge in [-0.15, -0.1) is 0 Å². The fourth-order valence-corrected chi connectivity index (χ4v) is 1.72. The third-order valence-corrected chi connectivity index (χ3v) is 2.68. The van der Waals surface area contributed by atoms with Crippen molar-refractivity contribution in [2.45, 2.75) is 6.42 Å². The highest BCUT2D eigenvalue weighted by molar-refractivity contribution is 5.92. The van der Waals surface area contributed by atoms with Crippen molar-refractivity contribution >= 4 is 23.6 Å². The molecule has 0 bridgehead atoms. The molecule has 2 aromatic rings. The maximum absolute atomic E-state index is 11.8. The second-order valence-electron chi connectivity index (χ2n) is 4.34. The first-order valence-electron chi connectivity index (χ1n) is 6.34. The number of aliphatic carboxylic acids is 1. The summed E-state index contributed by atoms with van der Waals surface area (Å²) in [7, 11) is 0. The molecule has 0 atom stereocenters. The SMILES string of the molecule is O=C(O)/C=C/c1ccc(NC(=O)Cc2ccccn2)cc1. The van der Waals surface area contributed by atoms with Gasteiger partial charge in [-0.05, 0) is 35.9 Å². The van der Waals surface area contributed by atoms with Crippen molar-refractivity contribution in [2.75, 3.05) is 5.32 Å². The number of hydrogen-bond acceptors (Lipinski definition) is 3. The maximum Gasteiger partial charge on any atom is 0.328 e. The van der Waals surface area contributed by atoms with E-state index in [-0.39, 0.29) is 12.3 Å². The fourth-order valence-electron chi connectivity index (χ4n) is 1.72. The average molecular weight is 282 g/mol. The first-order chi connectivity index (χ1) is 10.1. The van der Waals surface area contributed by atoms with Crippen LogP contribution in [0.3, 0.4) is 0 Å². The summed E-state index contributed by atoms with van der Waals surface area (Å²) < 4.78 is 0. The number of anilines is 1. The summed E-state index contributed by atoms with van der Waals surface area (Å²) in [4.78, 5) is 26.3. The van der Waals surface area contributed by atoms with Gasteiger partial charge in [0.1, 0.15) is 0 Å². The summed E-state index contributed by atoms with van der Waals surface area (Å²) in [5.41, 5.74) is 2.11. The second kappa shape index (κ2) is 7.00. The van der Waals surface area contributed by atoms with E-state index in [4.69, 9.17) is 5.11 Å². The first-order valence-corrected chi connectivity index (χ1v) is 6.34. The van der Waals surface area contributed by atoms with Crippen LogP contribution in [-0.2, 0) is 16.0 Å². The van der Waals surface area contributed by atoms with Crippen molar-refractivity contribution in [1.29, 1.82) is 0 Å². The number of pyridine rings is 1. The van der Waals surface area contributed by atoms with Gasteiger partial charge in [-0.3, -0.25) is 9.78 Å². The standard InChI is InChI=1S/C16H14N2O3/c19-15(11-14-3-1-2-10-17-14)18-13-7-4-12(5-8-13)6-9-16(20)21/h1-10H,11H2,(H,18,19)(H,20,21)/b9-6+. The number of amides is 1. The van der Waals surface area contributed by atoms with E-state index >= 15 is 0 Å². The lowest BCUT2D eigenvalue weighted by atomic mass is 10.2. The van der Waals surface area contributed by atoms with E-state index in [1.807, 2.05) is 6.07 Å². The molecule has 2 rings (SSSR count). The zero-order valence-corrected chi connectivity index (χ0v) is 11.2. The Morgan fingerprint density at radius 1 is 1.14 bits per heavy atom. The molecule has 2 N–H and O–H groups in total. The molecule has 1 aromatic carbocycles. The zero-order chi connectivity index (χ0) is 15.1. The Morgan fingerprint density at radius 3 is 2.52 bits per heavy atom. The smallest absolute Gasteiger partial charge is 0.328 e. The fraction of sp³-hybridized carbons (Fsp3) is 0.0625. The van der Waals surface area contributed by atoms with Crippen LogP contribution in [-0.4, -0.2) is 22.0 Å². The third-order valence-electron chi connectivity index (χ3n) is 2.68. The Bertz CT molecular complexity index is 649. The molecule has 1 amide bonds. The topological polar surface area (TPSA) is 79.3 Å². The Balaban J connectivity index is 1.94. The van der Waals surface area contributed by atoms with Gasteiger partial charge in [-0.25, -0.2) is 4.79 Å². The Labute approximate surface area is 122 Å². The molecule has 1 aromatic heterocycles. The lowest BCUT2D eigenvalue weighted by Crippen LogP contribution is -2.14. The van der Waals surface area contributed by atoms with Crippen LogP contribution in [0.2, 0.25) is 0 Å². The molecule has 0 spiro atoms. The molecule has 106 valence electrons. The molecule has 0 saturated carbocycles. The quantitative estimate of drug-likeness (QED) is 0.825. The zero-order valence-electron chi connectivity index (χ0n) is 11.2. The van der Waals surface area contributed by atoms with Gasteiger partial charge < -0.3 is 10.4 Å². The van der Waals surface area contributed by atoms with Gasteiger partial charge in [0.2, 0.25) is 5.91 Å². The van der Waals surface area contributed by atoms with Crippen molar-refractivity contribution < 1.29 is 14.7 Å². The summed E-state index contributed by atoms with van der Waals surface area (Å²) in [6.07, 6.45) is 4.41. The van der Waals surface area contributed by atoms with Gasteiger partial charge >= 0.3 is 5.97 Å². The largest absolute Gasteiger partial charge is 0.478 e. The molecule has 0 fully saturated rings. The lowest BCUT2D eigenvalue weighted by molar-refractivity contribution is -0.131. The number of benzene rings is 1. The van der Waals surface area contributed by atoms with Gasteiger partial charge in [-0.2, -0.15) is 0 Å². The van der Waals surface area contributed by atoms with E-state index in [1.165, 1.54) is 6.08 Å². The maximum atomic E-state index is 11.8. The summed E-state index contributed by atoms with van der Waals surface area (Å²) in [5.74, 6) is -1.15. The van der Waals surface area contributed by atoms with Crippen LogP contribution >= 0.6 is 0 Å². The number of carboxylic acids is 1.